The summed E-state index contributed by atoms with van der Waals surface area (Å²) in [6, 6.07) is 0. The lowest BCUT2D eigenvalue weighted by molar-refractivity contribution is -0.119. The molecule has 1 amide bonds. The van der Waals surface area contributed by atoms with E-state index in [0.29, 0.717) is 5.92 Å². The van der Waals surface area contributed by atoms with Gasteiger partial charge in [0.15, 0.2) is 0 Å². The van der Waals surface area contributed by atoms with Gasteiger partial charge >= 0.3 is 0 Å². The average molecular weight is 184 g/mol. The van der Waals surface area contributed by atoms with Crippen molar-refractivity contribution in [3.63, 3.8) is 0 Å². The largest absolute Gasteiger partial charge is 0.355 e. The first-order chi connectivity index (χ1) is 6.22. The van der Waals surface area contributed by atoms with Gasteiger partial charge in [-0.1, -0.05) is 19.8 Å². The number of amides is 1. The minimum Gasteiger partial charge on any atom is -0.355 e. The molecule has 2 atom stereocenters. The summed E-state index contributed by atoms with van der Waals surface area (Å²) in [5, 5.41) is 2.86. The molecule has 1 aliphatic rings. The first kappa shape index (κ1) is 10.5. The Kier molecular flexibility index (Phi) is 4.22. The van der Waals surface area contributed by atoms with Crippen LogP contribution in [0, 0.1) is 11.8 Å². The average Bonchev–Trinajstić information content (AvgIpc) is 2.14. The van der Waals surface area contributed by atoms with Crippen LogP contribution in [0.4, 0.5) is 0 Å². The molecule has 0 saturated heterocycles. The lowest BCUT2D eigenvalue weighted by Gasteiger charge is -2.26. The van der Waals surface area contributed by atoms with Crippen molar-refractivity contribution >= 4 is 5.91 Å². The van der Waals surface area contributed by atoms with E-state index in [4.69, 9.17) is 5.73 Å². The topological polar surface area (TPSA) is 55.1 Å². The summed E-state index contributed by atoms with van der Waals surface area (Å²) >= 11 is 0. The van der Waals surface area contributed by atoms with Gasteiger partial charge in [0, 0.05) is 6.54 Å². The van der Waals surface area contributed by atoms with Crippen LogP contribution in [0.1, 0.15) is 32.6 Å². The van der Waals surface area contributed by atoms with Crippen molar-refractivity contribution in [1.82, 2.24) is 5.32 Å². The molecule has 0 spiro atoms. The van der Waals surface area contributed by atoms with E-state index < -0.39 is 0 Å². The molecule has 3 heteroatoms. The van der Waals surface area contributed by atoms with Crippen molar-refractivity contribution in [2.24, 2.45) is 17.6 Å². The van der Waals surface area contributed by atoms with Crippen molar-refractivity contribution in [1.29, 1.82) is 0 Å². The van der Waals surface area contributed by atoms with Gasteiger partial charge in [-0.25, -0.2) is 0 Å². The van der Waals surface area contributed by atoms with E-state index in [1.165, 1.54) is 25.7 Å². The van der Waals surface area contributed by atoms with Crippen molar-refractivity contribution in [2.45, 2.75) is 32.6 Å². The zero-order chi connectivity index (χ0) is 9.68. The highest BCUT2D eigenvalue weighted by atomic mass is 16.1. The quantitative estimate of drug-likeness (QED) is 0.684. The fraction of sp³-hybridized carbons (Fsp3) is 0.900. The maximum absolute atomic E-state index is 10.9. The molecule has 0 aromatic rings. The standard InChI is InChI=1S/C10H20N2O/c1-8-3-2-4-9(5-8)7-12-10(13)6-11/h8-9H,2-7,11H2,1H3,(H,12,13). The zero-order valence-corrected chi connectivity index (χ0v) is 8.38. The molecule has 1 aliphatic carbocycles. The Bertz CT molecular complexity index is 170. The molecule has 0 radical (unpaired) electrons. The molecular weight excluding hydrogens is 164 g/mol. The molecule has 1 fully saturated rings. The second kappa shape index (κ2) is 5.22. The first-order valence-electron chi connectivity index (χ1n) is 5.19. The number of hydrogen-bond donors (Lipinski definition) is 2. The van der Waals surface area contributed by atoms with Crippen molar-refractivity contribution in [2.75, 3.05) is 13.1 Å². The van der Waals surface area contributed by atoms with Crippen LogP contribution in [0.15, 0.2) is 0 Å². The van der Waals surface area contributed by atoms with Crippen LogP contribution in [-0.2, 0) is 4.79 Å². The first-order valence-corrected chi connectivity index (χ1v) is 5.19. The van der Waals surface area contributed by atoms with Crippen LogP contribution in [0.2, 0.25) is 0 Å². The van der Waals surface area contributed by atoms with E-state index in [-0.39, 0.29) is 12.5 Å². The third-order valence-corrected chi connectivity index (χ3v) is 2.82. The Labute approximate surface area is 80.1 Å². The minimum atomic E-state index is -0.0294. The van der Waals surface area contributed by atoms with Gasteiger partial charge in [-0.05, 0) is 24.7 Å². The molecular formula is C10H20N2O. The number of nitrogens with two attached hydrogens (primary N) is 1. The van der Waals surface area contributed by atoms with Crippen molar-refractivity contribution < 1.29 is 4.79 Å². The highest BCUT2D eigenvalue weighted by molar-refractivity contribution is 5.77. The Hall–Kier alpha value is -0.570. The zero-order valence-electron chi connectivity index (χ0n) is 8.38. The molecule has 0 aromatic heterocycles. The Balaban J connectivity index is 2.17. The predicted octanol–water partition coefficient (Wildman–Crippen LogP) is 0.888. The molecule has 76 valence electrons. The molecule has 1 rings (SSSR count). The van der Waals surface area contributed by atoms with Crippen LogP contribution in [-0.4, -0.2) is 19.0 Å². The normalized spacial score (nSPS) is 28.5. The molecule has 2 unspecified atom stereocenters. The lowest BCUT2D eigenvalue weighted by Crippen LogP contribution is -2.35. The molecule has 1 saturated carbocycles. The van der Waals surface area contributed by atoms with Gasteiger partial charge in [-0.3, -0.25) is 4.79 Å². The lowest BCUT2D eigenvalue weighted by atomic mass is 9.82. The summed E-state index contributed by atoms with van der Waals surface area (Å²) in [5.41, 5.74) is 5.20. The van der Waals surface area contributed by atoms with Crippen LogP contribution in [0.3, 0.4) is 0 Å². The van der Waals surface area contributed by atoms with Gasteiger partial charge in [0.25, 0.3) is 0 Å². The highest BCUT2D eigenvalue weighted by Gasteiger charge is 2.18. The number of carbonyl (C=O) groups excluding carboxylic acids is 1. The second-order valence-corrected chi connectivity index (χ2v) is 4.15. The summed E-state index contributed by atoms with van der Waals surface area (Å²) in [4.78, 5) is 10.9. The molecule has 0 aliphatic heterocycles. The maximum atomic E-state index is 10.9. The van der Waals surface area contributed by atoms with Gasteiger partial charge in [0.05, 0.1) is 6.54 Å². The molecule has 3 nitrogen and oxygen atoms in total. The summed E-state index contributed by atoms with van der Waals surface area (Å²) in [7, 11) is 0. The third kappa shape index (κ3) is 3.77. The fourth-order valence-electron chi connectivity index (χ4n) is 2.08. The van der Waals surface area contributed by atoms with Crippen molar-refractivity contribution in [3.8, 4) is 0 Å². The maximum Gasteiger partial charge on any atom is 0.233 e. The molecule has 0 aromatic carbocycles. The van der Waals surface area contributed by atoms with Crippen molar-refractivity contribution in [3.05, 3.63) is 0 Å². The Morgan fingerprint density at radius 3 is 2.92 bits per heavy atom. The van der Waals surface area contributed by atoms with Gasteiger partial charge < -0.3 is 11.1 Å². The summed E-state index contributed by atoms with van der Waals surface area (Å²) in [6.07, 6.45) is 5.17. The highest BCUT2D eigenvalue weighted by Crippen LogP contribution is 2.27. The van der Waals surface area contributed by atoms with E-state index >= 15 is 0 Å². The monoisotopic (exact) mass is 184 g/mol. The number of rotatable bonds is 3. The molecule has 13 heavy (non-hydrogen) atoms. The number of hydrogen-bond acceptors (Lipinski definition) is 2. The van der Waals surface area contributed by atoms with Gasteiger partial charge in [0.2, 0.25) is 5.91 Å². The third-order valence-electron chi connectivity index (χ3n) is 2.82. The minimum absolute atomic E-state index is 0.0294. The van der Waals surface area contributed by atoms with Gasteiger partial charge in [0.1, 0.15) is 0 Å². The van der Waals surface area contributed by atoms with E-state index in [2.05, 4.69) is 12.2 Å². The molecule has 0 heterocycles. The summed E-state index contributed by atoms with van der Waals surface area (Å²) < 4.78 is 0. The van der Waals surface area contributed by atoms with Crippen LogP contribution in [0.25, 0.3) is 0 Å². The predicted molar refractivity (Wildman–Crippen MR) is 53.2 cm³/mol. The molecule has 0 bridgehead atoms. The second-order valence-electron chi connectivity index (χ2n) is 4.15. The van der Waals surface area contributed by atoms with Gasteiger partial charge in [-0.2, -0.15) is 0 Å². The van der Waals surface area contributed by atoms with Gasteiger partial charge in [-0.15, -0.1) is 0 Å². The van der Waals surface area contributed by atoms with Crippen LogP contribution < -0.4 is 11.1 Å². The Morgan fingerprint density at radius 2 is 2.31 bits per heavy atom. The van der Waals surface area contributed by atoms with E-state index in [9.17, 15) is 4.79 Å². The van der Waals surface area contributed by atoms with E-state index in [0.717, 1.165) is 12.5 Å². The summed E-state index contributed by atoms with van der Waals surface area (Å²) in [5.74, 6) is 1.48. The number of nitrogens with one attached hydrogen (secondary N) is 1. The number of carbonyl (C=O) groups is 1. The smallest absolute Gasteiger partial charge is 0.233 e. The van der Waals surface area contributed by atoms with Crippen LogP contribution in [0.5, 0.6) is 0 Å². The Morgan fingerprint density at radius 1 is 1.54 bits per heavy atom. The van der Waals surface area contributed by atoms with E-state index in [1.807, 2.05) is 0 Å². The fourth-order valence-corrected chi connectivity index (χ4v) is 2.08. The van der Waals surface area contributed by atoms with E-state index in [1.54, 1.807) is 0 Å². The molecule has 3 N–H and O–H groups in total. The summed E-state index contributed by atoms with van der Waals surface area (Å²) in [6.45, 7) is 3.22. The SMILES string of the molecule is CC1CCCC(CNC(=O)CN)C1. The van der Waals surface area contributed by atoms with Crippen LogP contribution >= 0.6 is 0 Å².